The number of amides is 1. The Balaban J connectivity index is 1.43. The SMILES string of the molecule is N#Cc1cc(-c2ccncc2)ccc1N1CC[C@H](NC(=O)[C@@H]2CCCCN2)C1. The largest absolute Gasteiger partial charge is 0.368 e. The maximum atomic E-state index is 12.5. The lowest BCUT2D eigenvalue weighted by Gasteiger charge is -2.25. The number of hydrogen-bond donors (Lipinski definition) is 2. The molecule has 0 saturated carbocycles. The quantitative estimate of drug-likeness (QED) is 0.858. The van der Waals surface area contributed by atoms with E-state index in [0.717, 1.165) is 62.1 Å². The Hall–Kier alpha value is -2.91. The summed E-state index contributed by atoms with van der Waals surface area (Å²) in [5.41, 5.74) is 3.66. The Morgan fingerprint density at radius 3 is 2.79 bits per heavy atom. The second-order valence-corrected chi connectivity index (χ2v) is 7.52. The molecule has 2 atom stereocenters. The number of nitriles is 1. The molecule has 2 N–H and O–H groups in total. The molecule has 0 unspecified atom stereocenters. The number of aromatic nitrogens is 1. The molecular weight excluding hydrogens is 350 g/mol. The van der Waals surface area contributed by atoms with E-state index in [1.54, 1.807) is 12.4 Å². The molecule has 6 nitrogen and oxygen atoms in total. The Kier molecular flexibility index (Phi) is 5.54. The van der Waals surface area contributed by atoms with E-state index in [-0.39, 0.29) is 18.0 Å². The maximum Gasteiger partial charge on any atom is 0.237 e. The van der Waals surface area contributed by atoms with E-state index in [1.807, 2.05) is 30.3 Å². The van der Waals surface area contributed by atoms with Gasteiger partial charge in [0.2, 0.25) is 5.91 Å². The summed E-state index contributed by atoms with van der Waals surface area (Å²) in [7, 11) is 0. The minimum Gasteiger partial charge on any atom is -0.368 e. The fourth-order valence-electron chi connectivity index (χ4n) is 4.10. The minimum atomic E-state index is -0.0582. The van der Waals surface area contributed by atoms with Gasteiger partial charge in [-0.25, -0.2) is 0 Å². The smallest absolute Gasteiger partial charge is 0.237 e. The van der Waals surface area contributed by atoms with Crippen LogP contribution >= 0.6 is 0 Å². The zero-order valence-corrected chi connectivity index (χ0v) is 15.9. The Morgan fingerprint density at radius 1 is 1.18 bits per heavy atom. The van der Waals surface area contributed by atoms with Gasteiger partial charge in [-0.2, -0.15) is 5.26 Å². The number of nitrogens with zero attached hydrogens (tertiary/aromatic N) is 3. The van der Waals surface area contributed by atoms with Crippen LogP contribution in [0.25, 0.3) is 11.1 Å². The Bertz CT molecular complexity index is 870. The first-order chi connectivity index (χ1) is 13.7. The minimum absolute atomic E-state index is 0.0582. The average molecular weight is 375 g/mol. The summed E-state index contributed by atoms with van der Waals surface area (Å²) in [6.07, 6.45) is 7.58. The first kappa shape index (κ1) is 18.5. The number of hydrogen-bond acceptors (Lipinski definition) is 5. The van der Waals surface area contributed by atoms with Crippen molar-refractivity contribution in [3.05, 3.63) is 48.3 Å². The van der Waals surface area contributed by atoms with Crippen LogP contribution in [0.2, 0.25) is 0 Å². The molecular formula is C22H25N5O. The molecule has 3 heterocycles. The van der Waals surface area contributed by atoms with Gasteiger partial charge in [-0.3, -0.25) is 9.78 Å². The lowest BCUT2D eigenvalue weighted by Crippen LogP contribution is -2.50. The van der Waals surface area contributed by atoms with Gasteiger partial charge in [-0.1, -0.05) is 12.5 Å². The molecule has 0 radical (unpaired) electrons. The Labute approximate surface area is 165 Å². The molecule has 2 saturated heterocycles. The average Bonchev–Trinajstić information content (AvgIpc) is 3.22. The summed E-state index contributed by atoms with van der Waals surface area (Å²) >= 11 is 0. The summed E-state index contributed by atoms with van der Waals surface area (Å²) in [4.78, 5) is 18.7. The van der Waals surface area contributed by atoms with Crippen molar-refractivity contribution in [1.82, 2.24) is 15.6 Å². The molecule has 0 spiro atoms. The van der Waals surface area contributed by atoms with Crippen LogP contribution in [0.4, 0.5) is 5.69 Å². The number of benzene rings is 1. The third-order valence-electron chi connectivity index (χ3n) is 5.63. The van der Waals surface area contributed by atoms with Crippen LogP contribution < -0.4 is 15.5 Å². The van der Waals surface area contributed by atoms with E-state index in [4.69, 9.17) is 0 Å². The summed E-state index contributed by atoms with van der Waals surface area (Å²) in [5.74, 6) is 0.111. The molecule has 0 aliphatic carbocycles. The first-order valence-electron chi connectivity index (χ1n) is 9.98. The van der Waals surface area contributed by atoms with E-state index in [9.17, 15) is 10.1 Å². The summed E-state index contributed by atoms with van der Waals surface area (Å²) in [5, 5.41) is 16.2. The van der Waals surface area contributed by atoms with Crippen LogP contribution in [0.3, 0.4) is 0 Å². The van der Waals surface area contributed by atoms with Crippen LogP contribution in [0, 0.1) is 11.3 Å². The van der Waals surface area contributed by atoms with Crippen LogP contribution in [0.1, 0.15) is 31.2 Å². The van der Waals surface area contributed by atoms with Gasteiger partial charge in [0.1, 0.15) is 6.07 Å². The lowest BCUT2D eigenvalue weighted by molar-refractivity contribution is -0.124. The van der Waals surface area contributed by atoms with Gasteiger partial charge in [-0.15, -0.1) is 0 Å². The van der Waals surface area contributed by atoms with Crippen molar-refractivity contribution in [3.8, 4) is 17.2 Å². The van der Waals surface area contributed by atoms with Crippen molar-refractivity contribution in [3.63, 3.8) is 0 Å². The summed E-state index contributed by atoms with van der Waals surface area (Å²) < 4.78 is 0. The lowest BCUT2D eigenvalue weighted by atomic mass is 10.0. The molecule has 1 aromatic heterocycles. The number of anilines is 1. The van der Waals surface area contributed by atoms with Gasteiger partial charge < -0.3 is 15.5 Å². The van der Waals surface area contributed by atoms with Gasteiger partial charge in [0.25, 0.3) is 0 Å². The molecule has 2 aliphatic heterocycles. The van der Waals surface area contributed by atoms with E-state index >= 15 is 0 Å². The molecule has 1 amide bonds. The summed E-state index contributed by atoms with van der Waals surface area (Å²) in [6, 6.07) is 12.3. The molecule has 2 aromatic rings. The first-order valence-corrected chi connectivity index (χ1v) is 9.98. The van der Waals surface area contributed by atoms with Crippen molar-refractivity contribution in [2.24, 2.45) is 0 Å². The number of piperidine rings is 1. The summed E-state index contributed by atoms with van der Waals surface area (Å²) in [6.45, 7) is 2.50. The molecule has 144 valence electrons. The van der Waals surface area contributed by atoms with Crippen molar-refractivity contribution < 1.29 is 4.79 Å². The number of nitrogens with one attached hydrogen (secondary N) is 2. The van der Waals surface area contributed by atoms with Crippen LogP contribution in [0.5, 0.6) is 0 Å². The van der Waals surface area contributed by atoms with E-state index in [1.165, 1.54) is 0 Å². The van der Waals surface area contributed by atoms with E-state index in [2.05, 4.69) is 26.6 Å². The molecule has 2 fully saturated rings. The number of carbonyl (C=O) groups excluding carboxylic acids is 1. The van der Waals surface area contributed by atoms with Crippen LogP contribution in [0.15, 0.2) is 42.7 Å². The molecule has 2 aliphatic rings. The van der Waals surface area contributed by atoms with Crippen LogP contribution in [-0.2, 0) is 4.79 Å². The van der Waals surface area contributed by atoms with E-state index < -0.39 is 0 Å². The van der Waals surface area contributed by atoms with Gasteiger partial charge in [0.15, 0.2) is 0 Å². The third-order valence-corrected chi connectivity index (χ3v) is 5.63. The zero-order valence-electron chi connectivity index (χ0n) is 15.9. The molecule has 28 heavy (non-hydrogen) atoms. The van der Waals surface area contributed by atoms with Crippen molar-refractivity contribution >= 4 is 11.6 Å². The number of carbonyl (C=O) groups is 1. The topological polar surface area (TPSA) is 81.1 Å². The van der Waals surface area contributed by atoms with Crippen molar-refractivity contribution in [2.45, 2.75) is 37.8 Å². The van der Waals surface area contributed by atoms with Gasteiger partial charge in [0.05, 0.1) is 17.3 Å². The highest BCUT2D eigenvalue weighted by molar-refractivity contribution is 5.82. The Morgan fingerprint density at radius 2 is 2.04 bits per heavy atom. The molecule has 6 heteroatoms. The van der Waals surface area contributed by atoms with Gasteiger partial charge in [-0.05, 0) is 61.2 Å². The third kappa shape index (κ3) is 4.00. The second-order valence-electron chi connectivity index (χ2n) is 7.52. The molecule has 0 bridgehead atoms. The molecule has 1 aromatic carbocycles. The molecule has 4 rings (SSSR count). The highest BCUT2D eigenvalue weighted by Crippen LogP contribution is 2.29. The predicted octanol–water partition coefficient (Wildman–Crippen LogP) is 2.46. The zero-order chi connectivity index (χ0) is 19.3. The highest BCUT2D eigenvalue weighted by atomic mass is 16.2. The second kappa shape index (κ2) is 8.41. The van der Waals surface area contributed by atoms with Gasteiger partial charge >= 0.3 is 0 Å². The van der Waals surface area contributed by atoms with E-state index in [0.29, 0.717) is 5.56 Å². The fourth-order valence-corrected chi connectivity index (χ4v) is 4.10. The fraction of sp³-hybridized carbons (Fsp3) is 0.409. The monoisotopic (exact) mass is 375 g/mol. The van der Waals surface area contributed by atoms with Gasteiger partial charge in [0, 0.05) is 31.5 Å². The number of pyridine rings is 1. The van der Waals surface area contributed by atoms with Crippen molar-refractivity contribution in [2.75, 3.05) is 24.5 Å². The number of rotatable bonds is 4. The van der Waals surface area contributed by atoms with Crippen molar-refractivity contribution in [1.29, 1.82) is 5.26 Å². The van der Waals surface area contributed by atoms with Crippen LogP contribution in [-0.4, -0.2) is 42.6 Å². The highest BCUT2D eigenvalue weighted by Gasteiger charge is 2.28. The normalized spacial score (nSPS) is 21.9. The maximum absolute atomic E-state index is 12.5. The standard InChI is InChI=1S/C22H25N5O/c23-14-18-13-17(16-6-10-24-11-7-16)4-5-21(18)27-12-8-19(15-27)26-22(28)20-3-1-2-9-25-20/h4-7,10-11,13,19-20,25H,1-3,8-9,12,15H2,(H,26,28)/t19-,20-/m0/s1. The predicted molar refractivity (Wildman–Crippen MR) is 109 cm³/mol.